The van der Waals surface area contributed by atoms with E-state index in [9.17, 15) is 19.8 Å². The molecule has 0 saturated heterocycles. The number of anilines is 1. The molecule has 2 N–H and O–H groups in total. The average molecular weight is 531 g/mol. The van der Waals surface area contributed by atoms with Crippen LogP contribution in [0.4, 0.5) is 5.69 Å². The SMILES string of the molecule is O=C(CC1(O)C(=O)N(Cc2ccccc2Br)c2ccc(Br)cc21)c1ccccc1O. The average Bonchev–Trinajstić information content (AvgIpc) is 2.91. The zero-order valence-electron chi connectivity index (χ0n) is 15.7. The first kappa shape index (κ1) is 20.8. The predicted octanol–water partition coefficient (Wildman–Crippen LogP) is 4.92. The Balaban J connectivity index is 1.74. The van der Waals surface area contributed by atoms with E-state index in [0.29, 0.717) is 15.7 Å². The van der Waals surface area contributed by atoms with Gasteiger partial charge in [-0.05, 0) is 42.0 Å². The van der Waals surface area contributed by atoms with E-state index in [1.807, 2.05) is 24.3 Å². The Morgan fingerprint density at radius 2 is 1.70 bits per heavy atom. The van der Waals surface area contributed by atoms with E-state index in [1.54, 1.807) is 30.3 Å². The number of amides is 1. The van der Waals surface area contributed by atoms with Crippen molar-refractivity contribution in [1.29, 1.82) is 0 Å². The molecule has 0 aliphatic carbocycles. The molecule has 1 heterocycles. The van der Waals surface area contributed by atoms with Gasteiger partial charge in [0.05, 0.1) is 24.2 Å². The van der Waals surface area contributed by atoms with E-state index in [4.69, 9.17) is 0 Å². The molecule has 7 heteroatoms. The van der Waals surface area contributed by atoms with Crippen molar-refractivity contribution in [1.82, 2.24) is 0 Å². The molecule has 30 heavy (non-hydrogen) atoms. The summed E-state index contributed by atoms with van der Waals surface area (Å²) in [6.07, 6.45) is -0.473. The van der Waals surface area contributed by atoms with Gasteiger partial charge in [-0.2, -0.15) is 0 Å². The number of carbonyl (C=O) groups is 2. The zero-order valence-corrected chi connectivity index (χ0v) is 18.9. The number of para-hydroxylation sites is 1. The second kappa shape index (κ2) is 7.98. The van der Waals surface area contributed by atoms with E-state index in [-0.39, 0.29) is 17.9 Å². The normalized spacial score (nSPS) is 17.8. The van der Waals surface area contributed by atoms with Crippen LogP contribution in [0.2, 0.25) is 0 Å². The summed E-state index contributed by atoms with van der Waals surface area (Å²) in [5.41, 5.74) is -0.181. The van der Waals surface area contributed by atoms with Gasteiger partial charge in [-0.25, -0.2) is 0 Å². The van der Waals surface area contributed by atoms with Crippen LogP contribution in [0.5, 0.6) is 5.75 Å². The molecule has 1 amide bonds. The highest BCUT2D eigenvalue weighted by molar-refractivity contribution is 9.10. The van der Waals surface area contributed by atoms with Gasteiger partial charge < -0.3 is 15.1 Å². The molecule has 0 spiro atoms. The minimum Gasteiger partial charge on any atom is -0.507 e. The maximum atomic E-state index is 13.4. The van der Waals surface area contributed by atoms with Gasteiger partial charge >= 0.3 is 0 Å². The Kier molecular flexibility index (Phi) is 5.53. The lowest BCUT2D eigenvalue weighted by molar-refractivity contribution is -0.136. The van der Waals surface area contributed by atoms with Gasteiger partial charge in [-0.3, -0.25) is 9.59 Å². The molecular formula is C23H17Br2NO4. The summed E-state index contributed by atoms with van der Waals surface area (Å²) in [6.45, 7) is 0.238. The lowest BCUT2D eigenvalue weighted by Crippen LogP contribution is -2.41. The number of nitrogens with zero attached hydrogens (tertiary/aromatic N) is 1. The predicted molar refractivity (Wildman–Crippen MR) is 120 cm³/mol. The van der Waals surface area contributed by atoms with Crippen LogP contribution in [0, 0.1) is 0 Å². The molecular weight excluding hydrogens is 514 g/mol. The number of carbonyl (C=O) groups excluding carboxylic acids is 2. The minimum absolute atomic E-state index is 0.0690. The maximum Gasteiger partial charge on any atom is 0.264 e. The molecule has 4 rings (SSSR count). The molecule has 0 radical (unpaired) electrons. The molecule has 1 unspecified atom stereocenters. The Bertz CT molecular complexity index is 1160. The fraction of sp³-hybridized carbons (Fsp3) is 0.130. The molecule has 0 fully saturated rings. The van der Waals surface area contributed by atoms with Gasteiger partial charge in [0.1, 0.15) is 5.75 Å². The van der Waals surface area contributed by atoms with Crippen molar-refractivity contribution >= 4 is 49.2 Å². The summed E-state index contributed by atoms with van der Waals surface area (Å²) < 4.78 is 1.53. The number of benzene rings is 3. The Morgan fingerprint density at radius 1 is 1.00 bits per heavy atom. The molecule has 3 aromatic carbocycles. The molecule has 0 aromatic heterocycles. The first-order valence-electron chi connectivity index (χ1n) is 9.20. The lowest BCUT2D eigenvalue weighted by Gasteiger charge is -2.23. The molecule has 5 nitrogen and oxygen atoms in total. The second-order valence-electron chi connectivity index (χ2n) is 7.12. The van der Waals surface area contributed by atoms with E-state index in [0.717, 1.165) is 10.0 Å². The molecule has 1 aliphatic rings. The van der Waals surface area contributed by atoms with Crippen LogP contribution in [0.3, 0.4) is 0 Å². The van der Waals surface area contributed by atoms with Crippen molar-refractivity contribution in [3.8, 4) is 5.75 Å². The van der Waals surface area contributed by atoms with Crippen LogP contribution in [0.25, 0.3) is 0 Å². The summed E-state index contributed by atoms with van der Waals surface area (Å²) in [5, 5.41) is 21.5. The summed E-state index contributed by atoms with van der Waals surface area (Å²) >= 11 is 6.88. The molecule has 0 bridgehead atoms. The highest BCUT2D eigenvalue weighted by atomic mass is 79.9. The van der Waals surface area contributed by atoms with E-state index in [2.05, 4.69) is 31.9 Å². The van der Waals surface area contributed by atoms with Crippen LogP contribution in [-0.2, 0) is 16.9 Å². The van der Waals surface area contributed by atoms with E-state index >= 15 is 0 Å². The van der Waals surface area contributed by atoms with Crippen molar-refractivity contribution in [3.05, 3.63) is 92.4 Å². The fourth-order valence-corrected chi connectivity index (χ4v) is 4.46. The number of fused-ring (bicyclic) bond motifs is 1. The number of rotatable bonds is 5. The standard InChI is InChI=1S/C23H17Br2NO4/c24-15-9-10-19-17(11-15)23(30,12-21(28)16-6-2-4-8-20(16)27)22(29)26(19)13-14-5-1-3-7-18(14)25/h1-11,27,30H,12-13H2. The third-order valence-corrected chi connectivity index (χ3v) is 6.47. The second-order valence-corrected chi connectivity index (χ2v) is 8.89. The first-order valence-corrected chi connectivity index (χ1v) is 10.8. The molecule has 1 aliphatic heterocycles. The fourth-order valence-electron chi connectivity index (χ4n) is 3.68. The Labute approximate surface area is 190 Å². The zero-order chi connectivity index (χ0) is 21.5. The number of phenols is 1. The number of hydrogen-bond acceptors (Lipinski definition) is 4. The van der Waals surface area contributed by atoms with Gasteiger partial charge in [-0.15, -0.1) is 0 Å². The smallest absolute Gasteiger partial charge is 0.264 e. The highest BCUT2D eigenvalue weighted by Crippen LogP contribution is 2.45. The third kappa shape index (κ3) is 3.57. The molecule has 0 saturated carbocycles. The molecule has 152 valence electrons. The van der Waals surface area contributed by atoms with Gasteiger partial charge in [0, 0.05) is 14.5 Å². The van der Waals surface area contributed by atoms with Gasteiger partial charge in [0.15, 0.2) is 11.4 Å². The van der Waals surface area contributed by atoms with Crippen molar-refractivity contribution in [2.24, 2.45) is 0 Å². The van der Waals surface area contributed by atoms with Crippen LogP contribution in [0.15, 0.2) is 75.7 Å². The number of halogens is 2. The number of Topliss-reactive ketones (excluding diaryl/α,β-unsaturated/α-hetero) is 1. The van der Waals surface area contributed by atoms with Crippen LogP contribution >= 0.6 is 31.9 Å². The van der Waals surface area contributed by atoms with Gasteiger partial charge in [0.25, 0.3) is 5.91 Å². The van der Waals surface area contributed by atoms with Crippen molar-refractivity contribution in [2.75, 3.05) is 4.90 Å². The van der Waals surface area contributed by atoms with Crippen LogP contribution < -0.4 is 4.90 Å². The topological polar surface area (TPSA) is 77.8 Å². The lowest BCUT2D eigenvalue weighted by atomic mass is 9.88. The first-order chi connectivity index (χ1) is 14.3. The number of ketones is 1. The van der Waals surface area contributed by atoms with Crippen molar-refractivity contribution in [2.45, 2.75) is 18.6 Å². The summed E-state index contributed by atoms with van der Waals surface area (Å²) in [5.74, 6) is -1.27. The molecule has 1 atom stereocenters. The largest absolute Gasteiger partial charge is 0.507 e. The summed E-state index contributed by atoms with van der Waals surface area (Å²) in [6, 6.07) is 18.8. The minimum atomic E-state index is -2.03. The van der Waals surface area contributed by atoms with Crippen LogP contribution in [0.1, 0.15) is 27.9 Å². The third-order valence-electron chi connectivity index (χ3n) is 5.20. The number of hydrogen-bond donors (Lipinski definition) is 2. The number of aromatic hydroxyl groups is 1. The monoisotopic (exact) mass is 529 g/mol. The number of phenolic OH excluding ortho intramolecular Hbond substituents is 1. The van der Waals surface area contributed by atoms with Crippen molar-refractivity contribution in [3.63, 3.8) is 0 Å². The quantitative estimate of drug-likeness (QED) is 0.459. The number of aliphatic hydroxyl groups is 1. The Hall–Kier alpha value is -2.48. The maximum absolute atomic E-state index is 13.4. The van der Waals surface area contributed by atoms with Gasteiger partial charge in [-0.1, -0.05) is 62.2 Å². The van der Waals surface area contributed by atoms with Crippen molar-refractivity contribution < 1.29 is 19.8 Å². The van der Waals surface area contributed by atoms with E-state index < -0.39 is 23.7 Å². The highest BCUT2D eigenvalue weighted by Gasteiger charge is 2.51. The Morgan fingerprint density at radius 3 is 2.43 bits per heavy atom. The van der Waals surface area contributed by atoms with Gasteiger partial charge in [0.2, 0.25) is 0 Å². The van der Waals surface area contributed by atoms with E-state index in [1.165, 1.54) is 17.0 Å². The molecule has 3 aromatic rings. The van der Waals surface area contributed by atoms with Crippen LogP contribution in [-0.4, -0.2) is 21.9 Å². The summed E-state index contributed by atoms with van der Waals surface area (Å²) in [4.78, 5) is 27.8. The summed E-state index contributed by atoms with van der Waals surface area (Å²) in [7, 11) is 0.